The van der Waals surface area contributed by atoms with Gasteiger partial charge in [0.25, 0.3) is 11.8 Å². The number of amides is 4. The number of nitrogens with one attached hydrogen (secondary N) is 1. The summed E-state index contributed by atoms with van der Waals surface area (Å²) in [5.74, 6) is -0.930. The van der Waals surface area contributed by atoms with Crippen LogP contribution in [0.15, 0.2) is 42.0 Å². The van der Waals surface area contributed by atoms with Crippen molar-refractivity contribution in [1.29, 1.82) is 0 Å². The molecule has 30 heavy (non-hydrogen) atoms. The van der Waals surface area contributed by atoms with Crippen LogP contribution in [0.1, 0.15) is 19.4 Å². The number of nitrogens with zero attached hydrogens (tertiary/aromatic N) is 1. The third-order valence-corrected chi connectivity index (χ3v) is 4.42. The van der Waals surface area contributed by atoms with E-state index in [9.17, 15) is 19.5 Å². The maximum Gasteiger partial charge on any atom is 0.335 e. The van der Waals surface area contributed by atoms with E-state index in [1.54, 1.807) is 13.0 Å². The predicted molar refractivity (Wildman–Crippen MR) is 111 cm³/mol. The van der Waals surface area contributed by atoms with Crippen molar-refractivity contribution in [1.82, 2.24) is 5.32 Å². The van der Waals surface area contributed by atoms with Crippen LogP contribution in [0.2, 0.25) is 5.02 Å². The quantitative estimate of drug-likeness (QED) is 0.536. The number of carbonyl (C=O) groups excluding carboxylic acids is 3. The molecule has 1 saturated heterocycles. The minimum absolute atomic E-state index is 0.0251. The summed E-state index contributed by atoms with van der Waals surface area (Å²) in [6, 6.07) is 7.68. The predicted octanol–water partition coefficient (Wildman–Crippen LogP) is 3.51. The van der Waals surface area contributed by atoms with E-state index in [1.807, 2.05) is 6.92 Å². The summed E-state index contributed by atoms with van der Waals surface area (Å²) in [6.45, 7) is 4.35. The number of halogens is 1. The molecule has 3 rings (SSSR count). The summed E-state index contributed by atoms with van der Waals surface area (Å²) in [4.78, 5) is 38.3. The number of barbiturate groups is 1. The Morgan fingerprint density at radius 3 is 2.37 bits per heavy atom. The van der Waals surface area contributed by atoms with E-state index in [1.165, 1.54) is 36.4 Å². The molecular weight excluding hydrogens is 412 g/mol. The maximum atomic E-state index is 12.9. The molecule has 0 spiro atoms. The molecular formula is C21H19ClN2O6. The zero-order valence-corrected chi connectivity index (χ0v) is 17.0. The number of rotatable bonds is 6. The maximum absolute atomic E-state index is 12.9. The number of carbonyl (C=O) groups is 3. The van der Waals surface area contributed by atoms with Crippen LogP contribution in [-0.4, -0.2) is 36.2 Å². The van der Waals surface area contributed by atoms with E-state index >= 15 is 0 Å². The lowest BCUT2D eigenvalue weighted by atomic mass is 10.1. The van der Waals surface area contributed by atoms with E-state index in [4.69, 9.17) is 21.1 Å². The molecule has 1 heterocycles. The van der Waals surface area contributed by atoms with Gasteiger partial charge in [-0.05, 0) is 61.9 Å². The molecule has 1 fully saturated rings. The molecule has 0 aromatic heterocycles. The van der Waals surface area contributed by atoms with Gasteiger partial charge in [-0.3, -0.25) is 14.9 Å². The zero-order valence-electron chi connectivity index (χ0n) is 16.3. The van der Waals surface area contributed by atoms with E-state index in [0.29, 0.717) is 30.3 Å². The number of urea groups is 1. The molecule has 9 heteroatoms. The third kappa shape index (κ3) is 4.23. The SMILES string of the molecule is CCOc1cc(/C=C2\C(=O)NC(=O)N(c3ccc(O)cc3)C2=O)cc(Cl)c1OCC. The lowest BCUT2D eigenvalue weighted by Crippen LogP contribution is -2.54. The normalized spacial score (nSPS) is 15.4. The van der Waals surface area contributed by atoms with Crippen molar-refractivity contribution < 1.29 is 29.0 Å². The highest BCUT2D eigenvalue weighted by Crippen LogP contribution is 2.37. The first-order valence-electron chi connectivity index (χ1n) is 9.15. The van der Waals surface area contributed by atoms with Gasteiger partial charge in [0.15, 0.2) is 11.5 Å². The Morgan fingerprint density at radius 2 is 1.73 bits per heavy atom. The molecule has 2 aromatic rings. The summed E-state index contributed by atoms with van der Waals surface area (Å²) < 4.78 is 11.1. The molecule has 0 unspecified atom stereocenters. The molecule has 0 radical (unpaired) electrons. The van der Waals surface area contributed by atoms with Crippen LogP contribution in [-0.2, 0) is 9.59 Å². The number of hydrogen-bond donors (Lipinski definition) is 2. The molecule has 0 saturated carbocycles. The first-order valence-corrected chi connectivity index (χ1v) is 9.53. The molecule has 2 aromatic carbocycles. The Balaban J connectivity index is 2.03. The summed E-state index contributed by atoms with van der Waals surface area (Å²) in [5.41, 5.74) is 0.365. The molecule has 156 valence electrons. The first-order chi connectivity index (χ1) is 14.3. The molecule has 8 nitrogen and oxygen atoms in total. The standard InChI is InChI=1S/C21H19ClN2O6/c1-3-29-17-11-12(10-16(22)18(17)30-4-2)9-15-19(26)23-21(28)24(20(15)27)13-5-7-14(25)8-6-13/h5-11,25H,3-4H2,1-2H3,(H,23,26,28)/b15-9+. The molecule has 4 amide bonds. The van der Waals surface area contributed by atoms with Crippen LogP contribution in [0.5, 0.6) is 17.2 Å². The Bertz CT molecular complexity index is 1030. The minimum Gasteiger partial charge on any atom is -0.508 e. The van der Waals surface area contributed by atoms with E-state index in [-0.39, 0.29) is 22.0 Å². The van der Waals surface area contributed by atoms with Gasteiger partial charge in [0.2, 0.25) is 0 Å². The van der Waals surface area contributed by atoms with Gasteiger partial charge in [-0.25, -0.2) is 9.69 Å². The second-order valence-corrected chi connectivity index (χ2v) is 6.58. The number of ether oxygens (including phenoxy) is 2. The zero-order chi connectivity index (χ0) is 21.8. The number of phenolic OH excluding ortho intramolecular Hbond substituents is 1. The van der Waals surface area contributed by atoms with Gasteiger partial charge >= 0.3 is 6.03 Å². The highest BCUT2D eigenvalue weighted by Gasteiger charge is 2.36. The van der Waals surface area contributed by atoms with Gasteiger partial charge in [-0.1, -0.05) is 11.6 Å². The van der Waals surface area contributed by atoms with Crippen molar-refractivity contribution in [3.8, 4) is 17.2 Å². The third-order valence-electron chi connectivity index (χ3n) is 4.14. The highest BCUT2D eigenvalue weighted by molar-refractivity contribution is 6.39. The average Bonchev–Trinajstić information content (AvgIpc) is 2.69. The number of hydrogen-bond acceptors (Lipinski definition) is 6. The summed E-state index contributed by atoms with van der Waals surface area (Å²) >= 11 is 6.29. The Morgan fingerprint density at radius 1 is 1.07 bits per heavy atom. The van der Waals surface area contributed by atoms with Gasteiger partial charge in [0.1, 0.15) is 11.3 Å². The number of imide groups is 2. The number of phenols is 1. The van der Waals surface area contributed by atoms with Gasteiger partial charge < -0.3 is 14.6 Å². The van der Waals surface area contributed by atoms with Crippen LogP contribution >= 0.6 is 11.6 Å². The lowest BCUT2D eigenvalue weighted by Gasteiger charge is -2.26. The van der Waals surface area contributed by atoms with Crippen LogP contribution in [0.4, 0.5) is 10.5 Å². The second kappa shape index (κ2) is 8.87. The largest absolute Gasteiger partial charge is 0.508 e. The molecule has 0 bridgehead atoms. The topological polar surface area (TPSA) is 105 Å². The fourth-order valence-corrected chi connectivity index (χ4v) is 3.15. The molecule has 0 aliphatic carbocycles. The van der Waals surface area contributed by atoms with Gasteiger partial charge in [0.05, 0.1) is 23.9 Å². The highest BCUT2D eigenvalue weighted by atomic mass is 35.5. The van der Waals surface area contributed by atoms with Crippen molar-refractivity contribution >= 4 is 41.2 Å². The molecule has 2 N–H and O–H groups in total. The van der Waals surface area contributed by atoms with Crippen molar-refractivity contribution in [2.24, 2.45) is 0 Å². The van der Waals surface area contributed by atoms with Crippen molar-refractivity contribution in [2.45, 2.75) is 13.8 Å². The van der Waals surface area contributed by atoms with E-state index < -0.39 is 17.8 Å². The fourth-order valence-electron chi connectivity index (χ4n) is 2.88. The van der Waals surface area contributed by atoms with E-state index in [2.05, 4.69) is 5.32 Å². The minimum atomic E-state index is -0.882. The van der Waals surface area contributed by atoms with E-state index in [0.717, 1.165) is 4.90 Å². The average molecular weight is 431 g/mol. The molecule has 1 aliphatic rings. The first kappa shape index (κ1) is 21.2. The van der Waals surface area contributed by atoms with Gasteiger partial charge in [-0.15, -0.1) is 0 Å². The lowest BCUT2D eigenvalue weighted by molar-refractivity contribution is -0.122. The van der Waals surface area contributed by atoms with Crippen LogP contribution in [0, 0.1) is 0 Å². The number of benzene rings is 2. The van der Waals surface area contributed by atoms with Crippen molar-refractivity contribution in [3.63, 3.8) is 0 Å². The van der Waals surface area contributed by atoms with Crippen molar-refractivity contribution in [3.05, 3.63) is 52.6 Å². The van der Waals surface area contributed by atoms with Crippen LogP contribution < -0.4 is 19.7 Å². The number of anilines is 1. The monoisotopic (exact) mass is 430 g/mol. The molecule has 0 atom stereocenters. The Labute approximate surface area is 177 Å². The fraction of sp³-hybridized carbons (Fsp3) is 0.190. The Hall–Kier alpha value is -3.52. The number of aromatic hydroxyl groups is 1. The summed E-state index contributed by atoms with van der Waals surface area (Å²) in [5, 5.41) is 11.8. The van der Waals surface area contributed by atoms with Crippen molar-refractivity contribution in [2.75, 3.05) is 18.1 Å². The van der Waals surface area contributed by atoms with Gasteiger partial charge in [0, 0.05) is 0 Å². The smallest absolute Gasteiger partial charge is 0.335 e. The van der Waals surface area contributed by atoms with Gasteiger partial charge in [-0.2, -0.15) is 0 Å². The van der Waals surface area contributed by atoms with Crippen LogP contribution in [0.3, 0.4) is 0 Å². The summed E-state index contributed by atoms with van der Waals surface area (Å²) in [6.07, 6.45) is 1.32. The molecule has 1 aliphatic heterocycles. The Kier molecular flexibility index (Phi) is 6.27. The van der Waals surface area contributed by atoms with Crippen LogP contribution in [0.25, 0.3) is 6.08 Å². The second-order valence-electron chi connectivity index (χ2n) is 6.17. The summed E-state index contributed by atoms with van der Waals surface area (Å²) in [7, 11) is 0.